The SMILES string of the molecule is CC(C)(C)OC(=O)N1Cc2cc([N+](=O)[O-])ccc2C1CC#N. The fraction of sp³-hybridized carbons (Fsp3) is 0.467. The normalized spacial score (nSPS) is 16.8. The van der Waals surface area contributed by atoms with Gasteiger partial charge in [-0.3, -0.25) is 15.0 Å². The zero-order valence-corrected chi connectivity index (χ0v) is 12.7. The summed E-state index contributed by atoms with van der Waals surface area (Å²) in [4.78, 5) is 24.1. The third kappa shape index (κ3) is 3.17. The van der Waals surface area contributed by atoms with E-state index < -0.39 is 22.7 Å². The number of rotatable bonds is 2. The van der Waals surface area contributed by atoms with Gasteiger partial charge in [-0.15, -0.1) is 0 Å². The highest BCUT2D eigenvalue weighted by atomic mass is 16.6. The van der Waals surface area contributed by atoms with Gasteiger partial charge in [0.2, 0.25) is 0 Å². The highest BCUT2D eigenvalue weighted by molar-refractivity contribution is 5.70. The molecular formula is C15H17N3O4. The smallest absolute Gasteiger partial charge is 0.411 e. The number of nitriles is 1. The number of amides is 1. The van der Waals surface area contributed by atoms with Gasteiger partial charge in [0.15, 0.2) is 0 Å². The highest BCUT2D eigenvalue weighted by Crippen LogP contribution is 2.38. The molecule has 0 fully saturated rings. The summed E-state index contributed by atoms with van der Waals surface area (Å²) in [7, 11) is 0. The molecule has 0 aliphatic carbocycles. The van der Waals surface area contributed by atoms with Crippen molar-refractivity contribution in [2.24, 2.45) is 0 Å². The number of hydrogen-bond donors (Lipinski definition) is 0. The average molecular weight is 303 g/mol. The standard InChI is InChI=1S/C15H17N3O4/c1-15(2,3)22-14(19)17-9-10-8-11(18(20)21)4-5-12(10)13(17)6-7-16/h4-5,8,13H,6,9H2,1-3H3. The fourth-order valence-corrected chi connectivity index (χ4v) is 2.45. The minimum atomic E-state index is -0.644. The molecule has 2 rings (SSSR count). The average Bonchev–Trinajstić information content (AvgIpc) is 2.75. The summed E-state index contributed by atoms with van der Waals surface area (Å²) in [5.41, 5.74) is 0.772. The van der Waals surface area contributed by atoms with Crippen LogP contribution >= 0.6 is 0 Å². The summed E-state index contributed by atoms with van der Waals surface area (Å²) in [5.74, 6) is 0. The molecule has 1 aliphatic rings. The van der Waals surface area contributed by atoms with Crippen LogP contribution in [0.25, 0.3) is 0 Å². The Balaban J connectivity index is 2.32. The lowest BCUT2D eigenvalue weighted by Gasteiger charge is -2.27. The van der Waals surface area contributed by atoms with E-state index in [1.54, 1.807) is 26.8 Å². The molecule has 0 bridgehead atoms. The van der Waals surface area contributed by atoms with Crippen LogP contribution in [0.4, 0.5) is 10.5 Å². The molecule has 7 nitrogen and oxygen atoms in total. The molecule has 0 saturated heterocycles. The number of fused-ring (bicyclic) bond motifs is 1. The Hall–Kier alpha value is -2.62. The van der Waals surface area contributed by atoms with Crippen LogP contribution in [-0.2, 0) is 11.3 Å². The van der Waals surface area contributed by atoms with E-state index in [4.69, 9.17) is 10.00 Å². The number of nitro groups is 1. The van der Waals surface area contributed by atoms with Gasteiger partial charge in [-0.2, -0.15) is 5.26 Å². The van der Waals surface area contributed by atoms with Gasteiger partial charge in [0.05, 0.1) is 30.0 Å². The van der Waals surface area contributed by atoms with E-state index in [1.807, 2.05) is 0 Å². The Kier molecular flexibility index (Phi) is 4.04. The van der Waals surface area contributed by atoms with Crippen LogP contribution in [0.3, 0.4) is 0 Å². The lowest BCUT2D eigenvalue weighted by Crippen LogP contribution is -2.35. The molecule has 1 aliphatic heterocycles. The molecule has 0 radical (unpaired) electrons. The highest BCUT2D eigenvalue weighted by Gasteiger charge is 2.36. The molecule has 1 unspecified atom stereocenters. The number of carbonyl (C=O) groups excluding carboxylic acids is 1. The Morgan fingerprint density at radius 2 is 2.23 bits per heavy atom. The lowest BCUT2D eigenvalue weighted by atomic mass is 10.0. The van der Waals surface area contributed by atoms with Crippen molar-refractivity contribution in [3.05, 3.63) is 39.4 Å². The van der Waals surface area contributed by atoms with Crippen LogP contribution in [0.5, 0.6) is 0 Å². The number of nitrogens with zero attached hydrogens (tertiary/aromatic N) is 3. The minimum absolute atomic E-state index is 0.0273. The van der Waals surface area contributed by atoms with Gasteiger partial charge in [-0.05, 0) is 38.0 Å². The second kappa shape index (κ2) is 5.64. The molecule has 1 atom stereocenters. The van der Waals surface area contributed by atoms with Crippen molar-refractivity contribution in [2.45, 2.75) is 45.4 Å². The molecule has 22 heavy (non-hydrogen) atoms. The summed E-state index contributed by atoms with van der Waals surface area (Å²) >= 11 is 0. The van der Waals surface area contributed by atoms with Crippen molar-refractivity contribution < 1.29 is 14.5 Å². The second-order valence-corrected chi connectivity index (χ2v) is 6.13. The number of hydrogen-bond acceptors (Lipinski definition) is 5. The van der Waals surface area contributed by atoms with Crippen LogP contribution in [0.2, 0.25) is 0 Å². The number of carbonyl (C=O) groups is 1. The van der Waals surface area contributed by atoms with Crippen molar-refractivity contribution in [3.63, 3.8) is 0 Å². The van der Waals surface area contributed by atoms with Gasteiger partial charge in [-0.25, -0.2) is 4.79 Å². The molecule has 1 heterocycles. The van der Waals surface area contributed by atoms with Crippen LogP contribution < -0.4 is 0 Å². The number of non-ortho nitro benzene ring substituents is 1. The predicted octanol–water partition coefficient (Wildman–Crippen LogP) is 3.30. The van der Waals surface area contributed by atoms with Gasteiger partial charge in [0.1, 0.15) is 5.60 Å². The second-order valence-electron chi connectivity index (χ2n) is 6.13. The van der Waals surface area contributed by atoms with Crippen LogP contribution in [0, 0.1) is 21.4 Å². The maximum absolute atomic E-state index is 12.3. The fourth-order valence-electron chi connectivity index (χ4n) is 2.45. The quantitative estimate of drug-likeness (QED) is 0.617. The minimum Gasteiger partial charge on any atom is -0.444 e. The Morgan fingerprint density at radius 3 is 2.77 bits per heavy atom. The molecule has 116 valence electrons. The topological polar surface area (TPSA) is 96.5 Å². The van der Waals surface area contributed by atoms with Crippen LogP contribution in [-0.4, -0.2) is 21.5 Å². The molecule has 1 aromatic carbocycles. The first-order valence-electron chi connectivity index (χ1n) is 6.86. The molecular weight excluding hydrogens is 286 g/mol. The molecule has 1 aromatic rings. The van der Waals surface area contributed by atoms with E-state index in [1.165, 1.54) is 17.0 Å². The first kappa shape index (κ1) is 15.8. The van der Waals surface area contributed by atoms with Crippen LogP contribution in [0.1, 0.15) is 44.4 Å². The van der Waals surface area contributed by atoms with Crippen molar-refractivity contribution in [1.82, 2.24) is 4.90 Å². The predicted molar refractivity (Wildman–Crippen MR) is 77.8 cm³/mol. The van der Waals surface area contributed by atoms with Gasteiger partial charge >= 0.3 is 6.09 Å². The maximum Gasteiger partial charge on any atom is 0.411 e. The molecule has 7 heteroatoms. The molecule has 0 saturated carbocycles. The van der Waals surface area contributed by atoms with Gasteiger partial charge in [0, 0.05) is 12.1 Å². The Labute approximate surface area is 128 Å². The third-order valence-electron chi connectivity index (χ3n) is 3.33. The lowest BCUT2D eigenvalue weighted by molar-refractivity contribution is -0.384. The van der Waals surface area contributed by atoms with E-state index in [0.717, 1.165) is 5.56 Å². The summed E-state index contributed by atoms with van der Waals surface area (Å²) in [5, 5.41) is 19.8. The maximum atomic E-state index is 12.3. The first-order chi connectivity index (χ1) is 10.2. The van der Waals surface area contributed by atoms with Gasteiger partial charge in [0.25, 0.3) is 5.69 Å². The summed E-state index contributed by atoms with van der Waals surface area (Å²) in [6, 6.07) is 6.07. The van der Waals surface area contributed by atoms with Crippen molar-refractivity contribution in [3.8, 4) is 6.07 Å². The van der Waals surface area contributed by atoms with E-state index in [2.05, 4.69) is 6.07 Å². The summed E-state index contributed by atoms with van der Waals surface area (Å²) in [6.45, 7) is 5.49. The Bertz CT molecular complexity index is 658. The van der Waals surface area contributed by atoms with Crippen molar-refractivity contribution >= 4 is 11.8 Å². The first-order valence-corrected chi connectivity index (χ1v) is 6.86. The summed E-state index contributed by atoms with van der Waals surface area (Å²) < 4.78 is 5.35. The Morgan fingerprint density at radius 1 is 1.55 bits per heavy atom. The monoisotopic (exact) mass is 303 g/mol. The van der Waals surface area contributed by atoms with E-state index >= 15 is 0 Å². The van der Waals surface area contributed by atoms with E-state index in [-0.39, 0.29) is 18.7 Å². The van der Waals surface area contributed by atoms with Gasteiger partial charge in [-0.1, -0.05) is 0 Å². The van der Waals surface area contributed by atoms with Crippen LogP contribution in [0.15, 0.2) is 18.2 Å². The molecule has 1 amide bonds. The largest absolute Gasteiger partial charge is 0.444 e. The third-order valence-corrected chi connectivity index (χ3v) is 3.33. The summed E-state index contributed by atoms with van der Waals surface area (Å²) in [6.07, 6.45) is -0.407. The van der Waals surface area contributed by atoms with E-state index in [0.29, 0.717) is 5.56 Å². The molecule has 0 N–H and O–H groups in total. The number of benzene rings is 1. The van der Waals surface area contributed by atoms with Crippen molar-refractivity contribution in [2.75, 3.05) is 0 Å². The molecule has 0 spiro atoms. The zero-order chi connectivity index (χ0) is 16.5. The van der Waals surface area contributed by atoms with Gasteiger partial charge < -0.3 is 4.74 Å². The number of nitro benzene ring substituents is 1. The number of ether oxygens (including phenoxy) is 1. The zero-order valence-electron chi connectivity index (χ0n) is 12.7. The van der Waals surface area contributed by atoms with E-state index in [9.17, 15) is 14.9 Å². The van der Waals surface area contributed by atoms with Crippen molar-refractivity contribution in [1.29, 1.82) is 5.26 Å². The molecule has 0 aromatic heterocycles.